The number of aryl methyl sites for hydroxylation is 2. The van der Waals surface area contributed by atoms with Gasteiger partial charge in [0.05, 0.1) is 17.0 Å². The molecule has 3 aliphatic rings. The van der Waals surface area contributed by atoms with Gasteiger partial charge in [0, 0.05) is 39.1 Å². The standard InChI is InChI=1S/C21H31N5O4S/c1-14-19(15(2)25(3)23-14)31(27,28)26-9-7-21(8-10-26)13-16(6-11-29-21)12-18-22-20(30-24-18)17-4-5-17/h16-17H,4-13H2,1-3H3. The van der Waals surface area contributed by atoms with E-state index in [1.807, 2.05) is 0 Å². The second kappa shape index (κ2) is 7.67. The Morgan fingerprint density at radius 3 is 2.55 bits per heavy atom. The van der Waals surface area contributed by atoms with Crippen molar-refractivity contribution in [2.45, 2.75) is 75.2 Å². The van der Waals surface area contributed by atoms with Gasteiger partial charge >= 0.3 is 0 Å². The Morgan fingerprint density at radius 2 is 1.90 bits per heavy atom. The maximum absolute atomic E-state index is 13.3. The van der Waals surface area contributed by atoms with E-state index in [1.54, 1.807) is 29.9 Å². The van der Waals surface area contributed by atoms with Crippen LogP contribution < -0.4 is 0 Å². The van der Waals surface area contributed by atoms with E-state index in [9.17, 15) is 8.42 Å². The van der Waals surface area contributed by atoms with Crippen LogP contribution in [-0.2, 0) is 28.2 Å². The highest BCUT2D eigenvalue weighted by atomic mass is 32.2. The molecular weight excluding hydrogens is 418 g/mol. The van der Waals surface area contributed by atoms with E-state index in [0.717, 1.165) is 43.8 Å². The summed E-state index contributed by atoms with van der Waals surface area (Å²) in [7, 11) is -1.78. The number of hydrogen-bond donors (Lipinski definition) is 0. The van der Waals surface area contributed by atoms with Crippen molar-refractivity contribution >= 4 is 10.0 Å². The molecule has 0 radical (unpaired) electrons. The fourth-order valence-electron chi connectivity index (χ4n) is 5.15. The van der Waals surface area contributed by atoms with Crippen molar-refractivity contribution in [1.82, 2.24) is 24.2 Å². The van der Waals surface area contributed by atoms with Gasteiger partial charge in [-0.1, -0.05) is 5.16 Å². The summed E-state index contributed by atoms with van der Waals surface area (Å²) in [6.07, 6.45) is 6.42. The van der Waals surface area contributed by atoms with Crippen LogP contribution in [0.4, 0.5) is 0 Å². The first kappa shape index (κ1) is 21.1. The number of piperidine rings is 1. The summed E-state index contributed by atoms with van der Waals surface area (Å²) in [6.45, 7) is 5.20. The molecule has 5 rings (SSSR count). The monoisotopic (exact) mass is 449 g/mol. The van der Waals surface area contributed by atoms with Crippen LogP contribution in [0.1, 0.15) is 67.5 Å². The maximum atomic E-state index is 13.3. The minimum atomic E-state index is -3.56. The van der Waals surface area contributed by atoms with Gasteiger partial charge in [0.25, 0.3) is 0 Å². The first-order valence-electron chi connectivity index (χ1n) is 11.2. The Bertz CT molecular complexity index is 1060. The molecule has 3 fully saturated rings. The van der Waals surface area contributed by atoms with Crippen molar-refractivity contribution in [3.8, 4) is 0 Å². The molecule has 2 aliphatic heterocycles. The third-order valence-corrected chi connectivity index (χ3v) is 9.30. The molecule has 31 heavy (non-hydrogen) atoms. The first-order chi connectivity index (χ1) is 14.8. The van der Waals surface area contributed by atoms with E-state index in [0.29, 0.717) is 60.7 Å². The number of rotatable bonds is 5. The van der Waals surface area contributed by atoms with E-state index in [2.05, 4.69) is 15.2 Å². The summed E-state index contributed by atoms with van der Waals surface area (Å²) >= 11 is 0. The molecular formula is C21H31N5O4S. The van der Waals surface area contributed by atoms with Crippen LogP contribution in [0.3, 0.4) is 0 Å². The molecule has 0 aromatic carbocycles. The van der Waals surface area contributed by atoms with Crippen LogP contribution in [0, 0.1) is 19.8 Å². The molecule has 170 valence electrons. The Balaban J connectivity index is 1.24. The van der Waals surface area contributed by atoms with E-state index in [1.165, 1.54) is 0 Å². The molecule has 1 spiro atoms. The molecule has 9 nitrogen and oxygen atoms in total. The van der Waals surface area contributed by atoms with Gasteiger partial charge in [-0.2, -0.15) is 14.4 Å². The quantitative estimate of drug-likeness (QED) is 0.691. The molecule has 10 heteroatoms. The second-order valence-corrected chi connectivity index (χ2v) is 11.3. The predicted molar refractivity (Wildman–Crippen MR) is 112 cm³/mol. The number of nitrogens with zero attached hydrogens (tertiary/aromatic N) is 5. The summed E-state index contributed by atoms with van der Waals surface area (Å²) < 4.78 is 41.5. The Morgan fingerprint density at radius 1 is 1.16 bits per heavy atom. The minimum Gasteiger partial charge on any atom is -0.375 e. The summed E-state index contributed by atoms with van der Waals surface area (Å²) in [5, 5.41) is 8.47. The summed E-state index contributed by atoms with van der Waals surface area (Å²) in [4.78, 5) is 4.93. The zero-order valence-electron chi connectivity index (χ0n) is 18.5. The minimum absolute atomic E-state index is 0.253. The average molecular weight is 450 g/mol. The number of hydrogen-bond acceptors (Lipinski definition) is 7. The predicted octanol–water partition coefficient (Wildman–Crippen LogP) is 2.49. The van der Waals surface area contributed by atoms with Gasteiger partial charge in [-0.25, -0.2) is 8.42 Å². The lowest BCUT2D eigenvalue weighted by atomic mass is 9.78. The smallest absolute Gasteiger partial charge is 0.246 e. The first-order valence-corrected chi connectivity index (χ1v) is 12.7. The molecule has 1 aliphatic carbocycles. The number of aromatic nitrogens is 4. The van der Waals surface area contributed by atoms with Crippen molar-refractivity contribution in [3.63, 3.8) is 0 Å². The van der Waals surface area contributed by atoms with Gasteiger partial charge in [-0.3, -0.25) is 4.68 Å². The third-order valence-electron chi connectivity index (χ3n) is 7.15. The normalized spacial score (nSPS) is 24.7. The lowest BCUT2D eigenvalue weighted by molar-refractivity contribution is -0.120. The molecule has 1 atom stereocenters. The highest BCUT2D eigenvalue weighted by molar-refractivity contribution is 7.89. The van der Waals surface area contributed by atoms with E-state index in [-0.39, 0.29) is 5.60 Å². The van der Waals surface area contributed by atoms with Gasteiger partial charge in [0.1, 0.15) is 4.90 Å². The van der Waals surface area contributed by atoms with E-state index in [4.69, 9.17) is 9.26 Å². The van der Waals surface area contributed by atoms with Crippen LogP contribution in [0.2, 0.25) is 0 Å². The molecule has 2 aromatic rings. The van der Waals surface area contributed by atoms with Crippen molar-refractivity contribution in [1.29, 1.82) is 0 Å². The molecule has 0 bridgehead atoms. The van der Waals surface area contributed by atoms with Crippen molar-refractivity contribution in [2.24, 2.45) is 13.0 Å². The van der Waals surface area contributed by atoms with Gasteiger partial charge in [-0.05, 0) is 58.3 Å². The van der Waals surface area contributed by atoms with Crippen molar-refractivity contribution < 1.29 is 17.7 Å². The molecule has 2 aromatic heterocycles. The zero-order chi connectivity index (χ0) is 21.8. The second-order valence-electron chi connectivity index (χ2n) is 9.45. The average Bonchev–Trinajstić information content (AvgIpc) is 3.41. The molecule has 4 heterocycles. The fourth-order valence-corrected chi connectivity index (χ4v) is 6.99. The largest absolute Gasteiger partial charge is 0.375 e. The lowest BCUT2D eigenvalue weighted by Gasteiger charge is -2.45. The highest BCUT2D eigenvalue weighted by Crippen LogP contribution is 2.41. The van der Waals surface area contributed by atoms with Crippen LogP contribution in [0.15, 0.2) is 9.42 Å². The summed E-state index contributed by atoms with van der Waals surface area (Å²) in [6, 6.07) is 0. The van der Waals surface area contributed by atoms with Gasteiger partial charge in [-0.15, -0.1) is 0 Å². The Hall–Kier alpha value is -1.78. The third kappa shape index (κ3) is 3.93. The molecule has 0 N–H and O–H groups in total. The van der Waals surface area contributed by atoms with Crippen molar-refractivity contribution in [3.05, 3.63) is 23.1 Å². The van der Waals surface area contributed by atoms with Gasteiger partial charge < -0.3 is 9.26 Å². The van der Waals surface area contributed by atoms with Gasteiger partial charge in [0.2, 0.25) is 15.9 Å². The number of sulfonamides is 1. The Labute approximate surface area is 183 Å². The van der Waals surface area contributed by atoms with Crippen LogP contribution in [0.25, 0.3) is 0 Å². The Kier molecular flexibility index (Phi) is 5.22. The summed E-state index contributed by atoms with van der Waals surface area (Å²) in [5.41, 5.74) is 0.981. The molecule has 0 amide bonds. The highest BCUT2D eigenvalue weighted by Gasteiger charge is 2.44. The molecule has 2 saturated heterocycles. The van der Waals surface area contributed by atoms with Gasteiger partial charge in [0.15, 0.2) is 5.82 Å². The topological polar surface area (TPSA) is 103 Å². The fraction of sp³-hybridized carbons (Fsp3) is 0.762. The molecule has 1 unspecified atom stereocenters. The number of ether oxygens (including phenoxy) is 1. The van der Waals surface area contributed by atoms with Crippen molar-refractivity contribution in [2.75, 3.05) is 19.7 Å². The molecule has 1 saturated carbocycles. The summed E-state index contributed by atoms with van der Waals surface area (Å²) in [5.74, 6) is 2.49. The van der Waals surface area contributed by atoms with Crippen LogP contribution >= 0.6 is 0 Å². The van der Waals surface area contributed by atoms with Crippen LogP contribution in [-0.4, -0.2) is 57.9 Å². The van der Waals surface area contributed by atoms with E-state index >= 15 is 0 Å². The SMILES string of the molecule is Cc1nn(C)c(C)c1S(=O)(=O)N1CCC2(CC1)CC(Cc1noc(C3CC3)n1)CCO2. The van der Waals surface area contributed by atoms with Crippen LogP contribution in [0.5, 0.6) is 0 Å². The van der Waals surface area contributed by atoms with E-state index < -0.39 is 10.0 Å². The lowest BCUT2D eigenvalue weighted by Crippen LogP contribution is -2.51. The maximum Gasteiger partial charge on any atom is 0.246 e. The zero-order valence-corrected chi connectivity index (χ0v) is 19.3.